The Morgan fingerprint density at radius 3 is 2.40 bits per heavy atom. The molecule has 112 valence electrons. The number of hydrogen-bond acceptors (Lipinski definition) is 4. The number of aliphatic hydroxyl groups is 1. The van der Waals surface area contributed by atoms with Crippen LogP contribution in [-0.4, -0.2) is 36.5 Å². The average molecular weight is 280 g/mol. The maximum Gasteiger partial charge on any atom is 0.407 e. The highest BCUT2D eigenvalue weighted by molar-refractivity contribution is 5.67. The minimum Gasteiger partial charge on any atom is -0.444 e. The molecule has 5 nitrogen and oxygen atoms in total. The first-order chi connectivity index (χ1) is 9.40. The topological polar surface area (TPSA) is 70.6 Å². The summed E-state index contributed by atoms with van der Waals surface area (Å²) in [5.74, 6) is 0. The van der Waals surface area contributed by atoms with E-state index < -0.39 is 11.7 Å². The van der Waals surface area contributed by atoms with Crippen molar-refractivity contribution in [3.05, 3.63) is 29.8 Å². The van der Waals surface area contributed by atoms with Crippen LogP contribution < -0.4 is 10.6 Å². The molecule has 0 saturated heterocycles. The fraction of sp³-hybridized carbons (Fsp3) is 0.533. The number of anilines is 1. The van der Waals surface area contributed by atoms with Gasteiger partial charge in [0.1, 0.15) is 5.60 Å². The maximum atomic E-state index is 11.4. The molecular formula is C15H24N2O3. The monoisotopic (exact) mass is 280 g/mol. The molecule has 5 heteroatoms. The third-order valence-electron chi connectivity index (χ3n) is 2.48. The number of carbonyl (C=O) groups is 1. The summed E-state index contributed by atoms with van der Waals surface area (Å²) in [7, 11) is 0. The number of aliphatic hydroxyl groups excluding tert-OH is 1. The lowest BCUT2D eigenvalue weighted by Crippen LogP contribution is -2.34. The zero-order valence-corrected chi connectivity index (χ0v) is 12.4. The molecule has 1 amide bonds. The second kappa shape index (κ2) is 7.75. The van der Waals surface area contributed by atoms with Gasteiger partial charge in [-0.25, -0.2) is 4.79 Å². The molecule has 0 saturated carbocycles. The van der Waals surface area contributed by atoms with E-state index in [4.69, 9.17) is 9.84 Å². The summed E-state index contributed by atoms with van der Waals surface area (Å²) in [6.45, 7) is 6.77. The van der Waals surface area contributed by atoms with E-state index in [-0.39, 0.29) is 6.61 Å². The highest BCUT2D eigenvalue weighted by Crippen LogP contribution is 2.09. The summed E-state index contributed by atoms with van der Waals surface area (Å²) < 4.78 is 5.13. The third kappa shape index (κ3) is 6.99. The molecule has 0 bridgehead atoms. The average Bonchev–Trinajstić information content (AvgIpc) is 2.35. The molecule has 1 aromatic rings. The van der Waals surface area contributed by atoms with Crippen molar-refractivity contribution in [1.82, 2.24) is 5.32 Å². The van der Waals surface area contributed by atoms with Gasteiger partial charge < -0.3 is 20.5 Å². The van der Waals surface area contributed by atoms with E-state index in [1.807, 2.05) is 45.0 Å². The molecule has 1 aromatic carbocycles. The van der Waals surface area contributed by atoms with E-state index >= 15 is 0 Å². The molecule has 0 unspecified atom stereocenters. The van der Waals surface area contributed by atoms with Crippen molar-refractivity contribution in [1.29, 1.82) is 0 Å². The van der Waals surface area contributed by atoms with Crippen LogP contribution in [0.15, 0.2) is 24.3 Å². The summed E-state index contributed by atoms with van der Waals surface area (Å²) >= 11 is 0. The quantitative estimate of drug-likeness (QED) is 0.698. The highest BCUT2D eigenvalue weighted by atomic mass is 16.6. The summed E-state index contributed by atoms with van der Waals surface area (Å²) in [6, 6.07) is 7.86. The number of hydrogen-bond donors (Lipinski definition) is 3. The molecular weight excluding hydrogens is 256 g/mol. The van der Waals surface area contributed by atoms with Gasteiger partial charge in [0.05, 0.1) is 0 Å². The number of alkyl carbamates (subject to hydrolysis) is 1. The summed E-state index contributed by atoms with van der Waals surface area (Å²) in [5.41, 5.74) is 1.61. The molecule has 0 spiro atoms. The minimum absolute atomic E-state index is 0.159. The SMILES string of the molecule is CC(C)(C)OC(=O)NCCNc1ccc(CCO)cc1. The zero-order chi connectivity index (χ0) is 15.0. The predicted octanol–water partition coefficient (Wildman–Crippen LogP) is 2.16. The van der Waals surface area contributed by atoms with Gasteiger partial charge in [0.2, 0.25) is 0 Å². The van der Waals surface area contributed by atoms with Crippen LogP contribution in [0.2, 0.25) is 0 Å². The molecule has 3 N–H and O–H groups in total. The van der Waals surface area contributed by atoms with Crippen molar-refractivity contribution >= 4 is 11.8 Å². The number of ether oxygens (including phenoxy) is 1. The van der Waals surface area contributed by atoms with Gasteiger partial charge in [-0.05, 0) is 44.9 Å². The van der Waals surface area contributed by atoms with Crippen LogP contribution in [0.3, 0.4) is 0 Å². The highest BCUT2D eigenvalue weighted by Gasteiger charge is 2.15. The first kappa shape index (κ1) is 16.3. The van der Waals surface area contributed by atoms with Crippen molar-refractivity contribution in [2.24, 2.45) is 0 Å². The fourth-order valence-corrected chi connectivity index (χ4v) is 1.60. The molecule has 0 aliphatic heterocycles. The van der Waals surface area contributed by atoms with Crippen LogP contribution in [-0.2, 0) is 11.2 Å². The smallest absolute Gasteiger partial charge is 0.407 e. The van der Waals surface area contributed by atoms with Gasteiger partial charge in [0.25, 0.3) is 0 Å². The molecule has 20 heavy (non-hydrogen) atoms. The van der Waals surface area contributed by atoms with Crippen molar-refractivity contribution in [2.45, 2.75) is 32.8 Å². The molecule has 0 heterocycles. The van der Waals surface area contributed by atoms with E-state index in [0.29, 0.717) is 19.5 Å². The van der Waals surface area contributed by atoms with E-state index in [1.54, 1.807) is 0 Å². The Bertz CT molecular complexity index is 410. The zero-order valence-electron chi connectivity index (χ0n) is 12.4. The van der Waals surface area contributed by atoms with Crippen LogP contribution in [0.5, 0.6) is 0 Å². The predicted molar refractivity (Wildman–Crippen MR) is 80.0 cm³/mol. The maximum absolute atomic E-state index is 11.4. The van der Waals surface area contributed by atoms with Crippen molar-refractivity contribution < 1.29 is 14.6 Å². The lowest BCUT2D eigenvalue weighted by Gasteiger charge is -2.19. The largest absolute Gasteiger partial charge is 0.444 e. The molecule has 1 rings (SSSR count). The number of amides is 1. The molecule has 0 aliphatic rings. The van der Waals surface area contributed by atoms with E-state index in [0.717, 1.165) is 11.3 Å². The van der Waals surface area contributed by atoms with Gasteiger partial charge in [-0.1, -0.05) is 12.1 Å². The Hall–Kier alpha value is -1.75. The third-order valence-corrected chi connectivity index (χ3v) is 2.48. The van der Waals surface area contributed by atoms with Gasteiger partial charge in [-0.15, -0.1) is 0 Å². The standard InChI is InChI=1S/C15H24N2O3/c1-15(2,3)20-14(19)17-10-9-16-13-6-4-12(5-7-13)8-11-18/h4-7,16,18H,8-11H2,1-3H3,(H,17,19). The second-order valence-electron chi connectivity index (χ2n) is 5.53. The molecule has 0 aromatic heterocycles. The van der Waals surface area contributed by atoms with Gasteiger partial charge >= 0.3 is 6.09 Å². The van der Waals surface area contributed by atoms with E-state index in [9.17, 15) is 4.79 Å². The van der Waals surface area contributed by atoms with Crippen LogP contribution in [0.25, 0.3) is 0 Å². The lowest BCUT2D eigenvalue weighted by atomic mass is 10.1. The Kier molecular flexibility index (Phi) is 6.31. The van der Waals surface area contributed by atoms with Gasteiger partial charge in [0.15, 0.2) is 0 Å². The summed E-state index contributed by atoms with van der Waals surface area (Å²) in [4.78, 5) is 11.4. The van der Waals surface area contributed by atoms with Gasteiger partial charge in [-0.2, -0.15) is 0 Å². The second-order valence-corrected chi connectivity index (χ2v) is 5.53. The number of carbonyl (C=O) groups excluding carboxylic acids is 1. The Balaban J connectivity index is 2.22. The van der Waals surface area contributed by atoms with Crippen LogP contribution in [0.4, 0.5) is 10.5 Å². The van der Waals surface area contributed by atoms with E-state index in [2.05, 4.69) is 10.6 Å². The van der Waals surface area contributed by atoms with Crippen LogP contribution >= 0.6 is 0 Å². The molecule has 0 atom stereocenters. The summed E-state index contributed by atoms with van der Waals surface area (Å²) in [6.07, 6.45) is 0.262. The van der Waals surface area contributed by atoms with Crippen LogP contribution in [0, 0.1) is 0 Å². The van der Waals surface area contributed by atoms with Crippen molar-refractivity contribution in [2.75, 3.05) is 25.0 Å². The first-order valence-electron chi connectivity index (χ1n) is 6.81. The normalized spacial score (nSPS) is 11.0. The summed E-state index contributed by atoms with van der Waals surface area (Å²) in [5, 5.41) is 14.7. The van der Waals surface area contributed by atoms with Crippen molar-refractivity contribution in [3.8, 4) is 0 Å². The molecule has 0 radical (unpaired) electrons. The minimum atomic E-state index is -0.472. The Labute approximate surface area is 120 Å². The van der Waals surface area contributed by atoms with Gasteiger partial charge in [0, 0.05) is 25.4 Å². The number of rotatable bonds is 6. The first-order valence-corrected chi connectivity index (χ1v) is 6.81. The Morgan fingerprint density at radius 1 is 1.20 bits per heavy atom. The molecule has 0 aliphatic carbocycles. The van der Waals surface area contributed by atoms with Crippen molar-refractivity contribution in [3.63, 3.8) is 0 Å². The fourth-order valence-electron chi connectivity index (χ4n) is 1.60. The molecule has 0 fully saturated rings. The Morgan fingerprint density at radius 2 is 1.85 bits per heavy atom. The van der Waals surface area contributed by atoms with Crippen LogP contribution in [0.1, 0.15) is 26.3 Å². The van der Waals surface area contributed by atoms with E-state index in [1.165, 1.54) is 0 Å². The lowest BCUT2D eigenvalue weighted by molar-refractivity contribution is 0.0530. The van der Waals surface area contributed by atoms with Gasteiger partial charge in [-0.3, -0.25) is 0 Å². The number of benzene rings is 1. The number of nitrogens with one attached hydrogen (secondary N) is 2.